The summed E-state index contributed by atoms with van der Waals surface area (Å²) in [4.78, 5) is 14.8. The quantitative estimate of drug-likeness (QED) is 0.764. The Kier molecular flexibility index (Phi) is 4.14. The molecule has 6 nitrogen and oxygen atoms in total. The summed E-state index contributed by atoms with van der Waals surface area (Å²) in [6.45, 7) is 2.91. The molecule has 24 heavy (non-hydrogen) atoms. The number of fused-ring (bicyclic) bond motifs is 1. The van der Waals surface area contributed by atoms with E-state index < -0.39 is 0 Å². The van der Waals surface area contributed by atoms with Crippen LogP contribution < -0.4 is 0 Å². The van der Waals surface area contributed by atoms with E-state index in [-0.39, 0.29) is 11.9 Å². The Bertz CT molecular complexity index is 716. The number of hydrogen-bond acceptors (Lipinski definition) is 3. The summed E-state index contributed by atoms with van der Waals surface area (Å²) < 4.78 is 9.73. The maximum atomic E-state index is 12.8. The molecule has 6 heteroatoms. The highest BCUT2D eigenvalue weighted by molar-refractivity contribution is 5.92. The maximum absolute atomic E-state index is 12.8. The van der Waals surface area contributed by atoms with Crippen LogP contribution in [-0.2, 0) is 18.3 Å². The first-order chi connectivity index (χ1) is 11.7. The third-order valence-electron chi connectivity index (χ3n) is 4.98. The summed E-state index contributed by atoms with van der Waals surface area (Å²) in [5.74, 6) is 0.867. The summed E-state index contributed by atoms with van der Waals surface area (Å²) in [5, 5.41) is 4.46. The van der Waals surface area contributed by atoms with Gasteiger partial charge in [-0.3, -0.25) is 9.48 Å². The van der Waals surface area contributed by atoms with Gasteiger partial charge in [-0.15, -0.1) is 0 Å². The number of rotatable bonds is 6. The number of nitrogens with zero attached hydrogens (tertiary/aromatic N) is 4. The number of carbonyl (C=O) groups excluding carboxylic acids is 1. The van der Waals surface area contributed by atoms with Gasteiger partial charge in [-0.05, 0) is 43.4 Å². The summed E-state index contributed by atoms with van der Waals surface area (Å²) in [7, 11) is 1.91. The summed E-state index contributed by atoms with van der Waals surface area (Å²) >= 11 is 0. The van der Waals surface area contributed by atoms with Gasteiger partial charge in [-0.1, -0.05) is 0 Å². The van der Waals surface area contributed by atoms with E-state index in [1.54, 1.807) is 0 Å². The molecule has 1 amide bonds. The average molecular weight is 328 g/mol. The van der Waals surface area contributed by atoms with Crippen LogP contribution in [0.25, 0.3) is 0 Å². The van der Waals surface area contributed by atoms with Crippen molar-refractivity contribution in [3.8, 4) is 0 Å². The molecule has 1 aliphatic heterocycles. The number of carbonyl (C=O) groups is 1. The van der Waals surface area contributed by atoms with Crippen molar-refractivity contribution in [3.63, 3.8) is 0 Å². The fourth-order valence-electron chi connectivity index (χ4n) is 3.35. The van der Waals surface area contributed by atoms with E-state index in [1.165, 1.54) is 12.8 Å². The fraction of sp³-hybridized carbons (Fsp3) is 0.556. The first-order valence-electron chi connectivity index (χ1n) is 8.73. The summed E-state index contributed by atoms with van der Waals surface area (Å²) in [6, 6.07) is 5.97. The van der Waals surface area contributed by atoms with Crippen LogP contribution >= 0.6 is 0 Å². The molecule has 0 N–H and O–H groups in total. The lowest BCUT2D eigenvalue weighted by Gasteiger charge is -2.34. The second kappa shape index (κ2) is 6.43. The molecule has 0 bridgehead atoms. The minimum Gasteiger partial charge on any atom is -0.381 e. The molecule has 1 fully saturated rings. The Morgan fingerprint density at radius 2 is 2.25 bits per heavy atom. The highest BCUT2D eigenvalue weighted by atomic mass is 16.5. The minimum atomic E-state index is 0.0823. The first kappa shape index (κ1) is 15.4. The summed E-state index contributed by atoms with van der Waals surface area (Å²) in [5.41, 5.74) is 1.82. The van der Waals surface area contributed by atoms with Gasteiger partial charge in [-0.2, -0.15) is 5.10 Å². The lowest BCUT2D eigenvalue weighted by molar-refractivity contribution is 0.0602. The van der Waals surface area contributed by atoms with Crippen LogP contribution in [0.4, 0.5) is 0 Å². The van der Waals surface area contributed by atoms with Crippen molar-refractivity contribution in [2.24, 2.45) is 13.0 Å². The Balaban J connectivity index is 1.44. The molecular weight excluding hydrogens is 304 g/mol. The zero-order valence-corrected chi connectivity index (χ0v) is 14.1. The van der Waals surface area contributed by atoms with Gasteiger partial charge in [0.05, 0.1) is 18.3 Å². The highest BCUT2D eigenvalue weighted by Crippen LogP contribution is 2.29. The van der Waals surface area contributed by atoms with E-state index in [0.717, 1.165) is 36.9 Å². The number of aryl methyl sites for hydroxylation is 1. The van der Waals surface area contributed by atoms with Crippen LogP contribution in [-0.4, -0.2) is 44.9 Å². The molecule has 0 saturated heterocycles. The predicted octanol–water partition coefficient (Wildman–Crippen LogP) is 2.24. The lowest BCUT2D eigenvalue weighted by atomic mass is 10.1. The molecule has 0 aromatic carbocycles. The first-order valence-corrected chi connectivity index (χ1v) is 8.73. The van der Waals surface area contributed by atoms with Crippen LogP contribution in [0.2, 0.25) is 0 Å². The van der Waals surface area contributed by atoms with Crippen molar-refractivity contribution in [2.75, 3.05) is 19.8 Å². The van der Waals surface area contributed by atoms with Crippen LogP contribution in [0, 0.1) is 5.92 Å². The Morgan fingerprint density at radius 3 is 3.00 bits per heavy atom. The zero-order valence-electron chi connectivity index (χ0n) is 14.1. The van der Waals surface area contributed by atoms with Crippen molar-refractivity contribution < 1.29 is 9.53 Å². The van der Waals surface area contributed by atoms with Gasteiger partial charge in [0.25, 0.3) is 5.91 Å². The second-order valence-corrected chi connectivity index (χ2v) is 6.92. The number of amides is 1. The zero-order chi connectivity index (χ0) is 16.5. The van der Waals surface area contributed by atoms with Gasteiger partial charge < -0.3 is 14.2 Å². The molecule has 1 saturated carbocycles. The van der Waals surface area contributed by atoms with Crippen molar-refractivity contribution in [1.82, 2.24) is 19.2 Å². The van der Waals surface area contributed by atoms with Crippen molar-refractivity contribution in [1.29, 1.82) is 0 Å². The predicted molar refractivity (Wildman–Crippen MR) is 89.6 cm³/mol. The molecule has 4 rings (SSSR count). The van der Waals surface area contributed by atoms with E-state index in [1.807, 2.05) is 47.1 Å². The third kappa shape index (κ3) is 3.11. The highest BCUT2D eigenvalue weighted by Gasteiger charge is 2.30. The lowest BCUT2D eigenvalue weighted by Crippen LogP contribution is -2.42. The van der Waals surface area contributed by atoms with Crippen LogP contribution in [0.15, 0.2) is 30.6 Å². The normalized spacial score (nSPS) is 20.2. The number of aromatic nitrogens is 3. The molecule has 2 aromatic heterocycles. The maximum Gasteiger partial charge on any atom is 0.270 e. The SMILES string of the molecule is Cn1cccc1C(=O)N1Cc2ccnn2[C@@H](CCOCC2CC2)C1. The van der Waals surface area contributed by atoms with Crippen LogP contribution in [0.3, 0.4) is 0 Å². The Hall–Kier alpha value is -2.08. The molecular formula is C18H24N4O2. The minimum absolute atomic E-state index is 0.0823. The molecule has 3 heterocycles. The van der Waals surface area contributed by atoms with Crippen molar-refractivity contribution in [3.05, 3.63) is 42.0 Å². The van der Waals surface area contributed by atoms with Crippen LogP contribution in [0.5, 0.6) is 0 Å². The standard InChI is InChI=1S/C18H24N4O2/c1-20-9-2-3-17(20)18(23)21-11-15-6-8-19-22(15)16(12-21)7-10-24-13-14-4-5-14/h2-3,6,8-9,14,16H,4-5,7,10-13H2,1H3/t16-/m0/s1. The van der Waals surface area contributed by atoms with E-state index in [4.69, 9.17) is 4.74 Å². The molecule has 128 valence electrons. The second-order valence-electron chi connectivity index (χ2n) is 6.92. The van der Waals surface area contributed by atoms with E-state index in [2.05, 4.69) is 9.78 Å². The van der Waals surface area contributed by atoms with Gasteiger partial charge in [0.1, 0.15) is 5.69 Å². The van der Waals surface area contributed by atoms with Crippen molar-refractivity contribution >= 4 is 5.91 Å². The molecule has 0 radical (unpaired) electrons. The third-order valence-corrected chi connectivity index (χ3v) is 4.98. The average Bonchev–Trinajstić information content (AvgIpc) is 3.10. The Morgan fingerprint density at radius 1 is 1.38 bits per heavy atom. The van der Waals surface area contributed by atoms with Gasteiger partial charge in [0, 0.05) is 39.2 Å². The van der Waals surface area contributed by atoms with Crippen LogP contribution in [0.1, 0.15) is 41.5 Å². The van der Waals surface area contributed by atoms with E-state index in [0.29, 0.717) is 13.1 Å². The van der Waals surface area contributed by atoms with Gasteiger partial charge in [-0.25, -0.2) is 0 Å². The van der Waals surface area contributed by atoms with Gasteiger partial charge >= 0.3 is 0 Å². The largest absolute Gasteiger partial charge is 0.381 e. The van der Waals surface area contributed by atoms with E-state index in [9.17, 15) is 4.79 Å². The van der Waals surface area contributed by atoms with Crippen molar-refractivity contribution in [2.45, 2.75) is 31.8 Å². The molecule has 0 spiro atoms. The van der Waals surface area contributed by atoms with E-state index >= 15 is 0 Å². The monoisotopic (exact) mass is 328 g/mol. The fourth-order valence-corrected chi connectivity index (χ4v) is 3.35. The number of hydrogen-bond donors (Lipinski definition) is 0. The van der Waals surface area contributed by atoms with Gasteiger partial charge in [0.2, 0.25) is 0 Å². The molecule has 0 unspecified atom stereocenters. The Labute approximate surface area is 142 Å². The van der Waals surface area contributed by atoms with Gasteiger partial charge in [0.15, 0.2) is 0 Å². The smallest absolute Gasteiger partial charge is 0.270 e. The topological polar surface area (TPSA) is 52.3 Å². The summed E-state index contributed by atoms with van der Waals surface area (Å²) in [6.07, 6.45) is 7.24. The molecule has 1 atom stereocenters. The number of ether oxygens (including phenoxy) is 1. The molecule has 2 aromatic rings. The molecule has 1 aliphatic carbocycles. The molecule has 2 aliphatic rings.